The lowest BCUT2D eigenvalue weighted by atomic mass is 10.2. The summed E-state index contributed by atoms with van der Waals surface area (Å²) in [6.45, 7) is 2.27. The smallest absolute Gasteiger partial charge is 0.270 e. The summed E-state index contributed by atoms with van der Waals surface area (Å²) in [5, 5.41) is 13.4. The monoisotopic (exact) mass is 238 g/mol. The van der Waals surface area contributed by atoms with Gasteiger partial charge in [-0.15, -0.1) is 0 Å². The SMILES string of the molecule is CCOc1c(NC(=O)/C=N/O)cccc1OC. The van der Waals surface area contributed by atoms with Gasteiger partial charge in [-0.25, -0.2) is 0 Å². The van der Waals surface area contributed by atoms with Crippen LogP contribution in [0.2, 0.25) is 0 Å². The summed E-state index contributed by atoms with van der Waals surface area (Å²) in [4.78, 5) is 11.3. The van der Waals surface area contributed by atoms with Gasteiger partial charge in [0, 0.05) is 0 Å². The molecule has 17 heavy (non-hydrogen) atoms. The van der Waals surface area contributed by atoms with Crippen LogP contribution in [0.15, 0.2) is 23.4 Å². The van der Waals surface area contributed by atoms with E-state index >= 15 is 0 Å². The predicted molar refractivity (Wildman–Crippen MR) is 63.1 cm³/mol. The summed E-state index contributed by atoms with van der Waals surface area (Å²) in [5.74, 6) is 0.407. The Hall–Kier alpha value is -2.24. The van der Waals surface area contributed by atoms with Crippen molar-refractivity contribution >= 4 is 17.8 Å². The molecule has 0 atom stereocenters. The van der Waals surface area contributed by atoms with E-state index in [0.717, 1.165) is 6.21 Å². The molecule has 0 aliphatic carbocycles. The summed E-state index contributed by atoms with van der Waals surface area (Å²) >= 11 is 0. The second-order valence-electron chi connectivity index (χ2n) is 3.00. The van der Waals surface area contributed by atoms with Crippen LogP contribution in [0, 0.1) is 0 Å². The number of nitrogens with zero attached hydrogens (tertiary/aromatic N) is 1. The van der Waals surface area contributed by atoms with Gasteiger partial charge in [0.2, 0.25) is 0 Å². The number of anilines is 1. The van der Waals surface area contributed by atoms with Crippen LogP contribution in [0.5, 0.6) is 11.5 Å². The van der Waals surface area contributed by atoms with E-state index in [4.69, 9.17) is 14.7 Å². The van der Waals surface area contributed by atoms with E-state index in [9.17, 15) is 4.79 Å². The molecule has 0 radical (unpaired) electrons. The summed E-state index contributed by atoms with van der Waals surface area (Å²) in [7, 11) is 1.51. The molecule has 1 amide bonds. The average molecular weight is 238 g/mol. The van der Waals surface area contributed by atoms with Crippen molar-refractivity contribution in [1.82, 2.24) is 0 Å². The van der Waals surface area contributed by atoms with Crippen LogP contribution in [0.25, 0.3) is 0 Å². The Labute approximate surface area is 98.8 Å². The fourth-order valence-electron chi connectivity index (χ4n) is 1.29. The number of hydrogen-bond donors (Lipinski definition) is 2. The normalized spacial score (nSPS) is 10.2. The number of nitrogens with one attached hydrogen (secondary N) is 1. The van der Waals surface area contributed by atoms with Crippen LogP contribution in [-0.4, -0.2) is 31.0 Å². The molecule has 0 aliphatic rings. The van der Waals surface area contributed by atoms with E-state index in [1.165, 1.54) is 7.11 Å². The third-order valence-electron chi connectivity index (χ3n) is 1.92. The molecule has 1 aromatic carbocycles. The highest BCUT2D eigenvalue weighted by Crippen LogP contribution is 2.34. The second-order valence-corrected chi connectivity index (χ2v) is 3.00. The molecule has 0 saturated carbocycles. The maximum Gasteiger partial charge on any atom is 0.270 e. The first kappa shape index (κ1) is 12.8. The highest BCUT2D eigenvalue weighted by atomic mass is 16.5. The van der Waals surface area contributed by atoms with Crippen LogP contribution in [0.3, 0.4) is 0 Å². The molecule has 0 saturated heterocycles. The van der Waals surface area contributed by atoms with Gasteiger partial charge in [0.25, 0.3) is 5.91 Å². The molecule has 1 rings (SSSR count). The minimum atomic E-state index is -0.554. The van der Waals surface area contributed by atoms with Gasteiger partial charge in [-0.05, 0) is 19.1 Å². The van der Waals surface area contributed by atoms with Gasteiger partial charge < -0.3 is 20.0 Å². The molecule has 6 nitrogen and oxygen atoms in total. The van der Waals surface area contributed by atoms with E-state index in [1.807, 2.05) is 6.92 Å². The van der Waals surface area contributed by atoms with E-state index in [0.29, 0.717) is 23.8 Å². The fourth-order valence-corrected chi connectivity index (χ4v) is 1.29. The molecule has 0 aliphatic heterocycles. The number of carbonyl (C=O) groups is 1. The van der Waals surface area contributed by atoms with Gasteiger partial charge in [-0.1, -0.05) is 11.2 Å². The van der Waals surface area contributed by atoms with Gasteiger partial charge in [0.05, 0.1) is 19.4 Å². The fraction of sp³-hybridized carbons (Fsp3) is 0.273. The van der Waals surface area contributed by atoms with Crippen LogP contribution in [0.1, 0.15) is 6.92 Å². The van der Waals surface area contributed by atoms with E-state index < -0.39 is 5.91 Å². The Balaban J connectivity index is 3.00. The van der Waals surface area contributed by atoms with Gasteiger partial charge >= 0.3 is 0 Å². The summed E-state index contributed by atoms with van der Waals surface area (Å²) < 4.78 is 10.5. The van der Waals surface area contributed by atoms with Crippen LogP contribution in [0.4, 0.5) is 5.69 Å². The van der Waals surface area contributed by atoms with Crippen molar-refractivity contribution in [1.29, 1.82) is 0 Å². The van der Waals surface area contributed by atoms with Crippen LogP contribution in [-0.2, 0) is 4.79 Å². The van der Waals surface area contributed by atoms with Gasteiger partial charge in [0.1, 0.15) is 6.21 Å². The molecule has 0 fully saturated rings. The molecule has 2 N–H and O–H groups in total. The standard InChI is InChI=1S/C11H14N2O4/c1-3-17-11-8(13-10(14)7-12-15)5-4-6-9(11)16-2/h4-7,15H,3H2,1-2H3,(H,13,14)/b12-7+. The van der Waals surface area contributed by atoms with Crippen molar-refractivity contribution in [2.45, 2.75) is 6.92 Å². The van der Waals surface area contributed by atoms with Crippen molar-refractivity contribution in [3.63, 3.8) is 0 Å². The van der Waals surface area contributed by atoms with Gasteiger partial charge in [-0.3, -0.25) is 4.79 Å². The highest BCUT2D eigenvalue weighted by Gasteiger charge is 2.11. The maximum absolute atomic E-state index is 11.3. The zero-order valence-electron chi connectivity index (χ0n) is 9.64. The minimum absolute atomic E-state index is 0.442. The molecule has 92 valence electrons. The maximum atomic E-state index is 11.3. The van der Waals surface area contributed by atoms with Gasteiger partial charge in [-0.2, -0.15) is 0 Å². The first-order valence-electron chi connectivity index (χ1n) is 5.01. The lowest BCUT2D eigenvalue weighted by Crippen LogP contribution is -2.13. The summed E-state index contributed by atoms with van der Waals surface area (Å²) in [6.07, 6.45) is 0.759. The first-order valence-corrected chi connectivity index (χ1v) is 5.01. The van der Waals surface area contributed by atoms with Crippen LogP contribution < -0.4 is 14.8 Å². The number of amides is 1. The second kappa shape index (κ2) is 6.37. The molecule has 0 bridgehead atoms. The molecule has 0 unspecified atom stereocenters. The summed E-state index contributed by atoms with van der Waals surface area (Å²) in [5.41, 5.74) is 0.455. The van der Waals surface area contributed by atoms with Crippen molar-refractivity contribution in [3.8, 4) is 11.5 Å². The Morgan fingerprint density at radius 2 is 2.35 bits per heavy atom. The number of benzene rings is 1. The first-order chi connectivity index (χ1) is 8.22. The minimum Gasteiger partial charge on any atom is -0.493 e. The lowest BCUT2D eigenvalue weighted by Gasteiger charge is -2.13. The summed E-state index contributed by atoms with van der Waals surface area (Å²) in [6, 6.07) is 5.10. The van der Waals surface area contributed by atoms with E-state index in [1.54, 1.807) is 18.2 Å². The zero-order chi connectivity index (χ0) is 12.7. The molecular formula is C11H14N2O4. The van der Waals surface area contributed by atoms with Gasteiger partial charge in [0.15, 0.2) is 11.5 Å². The highest BCUT2D eigenvalue weighted by molar-refractivity contribution is 6.31. The molecule has 6 heteroatoms. The molecule has 1 aromatic rings. The van der Waals surface area contributed by atoms with E-state index in [2.05, 4.69) is 10.5 Å². The number of ether oxygens (including phenoxy) is 2. The Bertz CT molecular complexity index is 418. The van der Waals surface area contributed by atoms with Crippen molar-refractivity contribution in [3.05, 3.63) is 18.2 Å². The molecular weight excluding hydrogens is 224 g/mol. The Kier molecular flexibility index (Phi) is 4.80. The van der Waals surface area contributed by atoms with Crippen LogP contribution >= 0.6 is 0 Å². The zero-order valence-corrected chi connectivity index (χ0v) is 9.64. The lowest BCUT2D eigenvalue weighted by molar-refractivity contribution is -0.110. The third kappa shape index (κ3) is 3.37. The molecule has 0 heterocycles. The number of oxime groups is 1. The van der Waals surface area contributed by atoms with E-state index in [-0.39, 0.29) is 0 Å². The largest absolute Gasteiger partial charge is 0.493 e. The number of para-hydroxylation sites is 1. The van der Waals surface area contributed by atoms with Crippen molar-refractivity contribution in [2.24, 2.45) is 5.16 Å². The number of hydrogen-bond acceptors (Lipinski definition) is 5. The average Bonchev–Trinajstić information content (AvgIpc) is 2.32. The number of carbonyl (C=O) groups excluding carboxylic acids is 1. The van der Waals surface area contributed by atoms with Crippen molar-refractivity contribution in [2.75, 3.05) is 19.0 Å². The third-order valence-corrected chi connectivity index (χ3v) is 1.92. The topological polar surface area (TPSA) is 80.2 Å². The predicted octanol–water partition coefficient (Wildman–Crippen LogP) is 1.49. The quantitative estimate of drug-likeness (QED) is 0.462. The number of rotatable bonds is 5. The number of methoxy groups -OCH3 is 1. The Morgan fingerprint density at radius 3 is 2.94 bits per heavy atom. The molecule has 0 spiro atoms. The Morgan fingerprint density at radius 1 is 1.59 bits per heavy atom. The molecule has 0 aromatic heterocycles. The van der Waals surface area contributed by atoms with Crippen molar-refractivity contribution < 1.29 is 19.5 Å².